The van der Waals surface area contributed by atoms with Crippen LogP contribution in [0.4, 0.5) is 0 Å². The highest BCUT2D eigenvalue weighted by molar-refractivity contribution is 5.76. The molecule has 0 aliphatic heterocycles. The third kappa shape index (κ3) is 5.38. The van der Waals surface area contributed by atoms with Gasteiger partial charge in [-0.3, -0.25) is 0 Å². The zero-order valence-electron chi connectivity index (χ0n) is 16.1. The van der Waals surface area contributed by atoms with Gasteiger partial charge in [0.25, 0.3) is 0 Å². The van der Waals surface area contributed by atoms with Crippen molar-refractivity contribution in [2.24, 2.45) is 0 Å². The van der Waals surface area contributed by atoms with Gasteiger partial charge in [-0.25, -0.2) is 0 Å². The summed E-state index contributed by atoms with van der Waals surface area (Å²) in [4.78, 5) is 0. The summed E-state index contributed by atoms with van der Waals surface area (Å²) in [5.41, 5.74) is 6.04. The molecule has 0 atom stereocenters. The van der Waals surface area contributed by atoms with Crippen LogP contribution in [0.3, 0.4) is 0 Å². The molecule has 2 N–H and O–H groups in total. The van der Waals surface area contributed by atoms with Crippen molar-refractivity contribution in [3.05, 3.63) is 82.0 Å². The average molecular weight is 348 g/mol. The van der Waals surface area contributed by atoms with E-state index in [4.69, 9.17) is 0 Å². The zero-order chi connectivity index (χ0) is 19.1. The minimum Gasteiger partial charge on any atom is -0.507 e. The largest absolute Gasteiger partial charge is 0.507 e. The summed E-state index contributed by atoms with van der Waals surface area (Å²) < 4.78 is 0. The van der Waals surface area contributed by atoms with E-state index < -0.39 is 0 Å². The fourth-order valence-corrected chi connectivity index (χ4v) is 2.75. The first-order valence-electron chi connectivity index (χ1n) is 8.95. The maximum atomic E-state index is 10.4. The maximum Gasteiger partial charge on any atom is 0.123 e. The van der Waals surface area contributed by atoms with Gasteiger partial charge in [-0.2, -0.15) is 0 Å². The maximum absolute atomic E-state index is 10.4. The highest BCUT2D eigenvalue weighted by Crippen LogP contribution is 2.35. The minimum absolute atomic E-state index is 0.133. The molecule has 0 radical (unpaired) electrons. The van der Waals surface area contributed by atoms with Crippen molar-refractivity contribution >= 4 is 12.2 Å². The Morgan fingerprint density at radius 3 is 1.73 bits per heavy atom. The molecule has 0 heterocycles. The molecular formula is C24H28O2. The summed E-state index contributed by atoms with van der Waals surface area (Å²) in [6.45, 7) is 8.17. The van der Waals surface area contributed by atoms with Crippen molar-refractivity contribution in [3.8, 4) is 11.5 Å². The quantitative estimate of drug-likeness (QED) is 0.476. The van der Waals surface area contributed by atoms with E-state index in [9.17, 15) is 10.2 Å². The zero-order valence-corrected chi connectivity index (χ0v) is 16.1. The molecule has 0 saturated carbocycles. The average Bonchev–Trinajstić information content (AvgIpc) is 2.58. The van der Waals surface area contributed by atoms with Gasteiger partial charge in [0.05, 0.1) is 0 Å². The summed E-state index contributed by atoms with van der Waals surface area (Å²) in [5.74, 6) is 0.266. The van der Waals surface area contributed by atoms with Gasteiger partial charge in [-0.1, -0.05) is 65.8 Å². The third-order valence-corrected chi connectivity index (χ3v) is 4.21. The predicted octanol–water partition coefficient (Wildman–Crippen LogP) is 6.29. The van der Waals surface area contributed by atoms with E-state index in [1.807, 2.05) is 70.2 Å². The molecule has 2 aromatic carbocycles. The minimum atomic E-state index is 0.133. The Bertz CT molecular complexity index is 788. The van der Waals surface area contributed by atoms with Crippen LogP contribution in [0.1, 0.15) is 49.9 Å². The standard InChI is InChI=1S/C24H28O2/c1-17(2)10-13-21-20(15-12-19-8-6-5-7-9-19)22(14-11-18(3)4)24(26)16-23(21)25/h5-12,15-16,25-26H,13-14H2,1-4H3. The molecule has 0 aromatic heterocycles. The van der Waals surface area contributed by atoms with Gasteiger partial charge in [0.1, 0.15) is 11.5 Å². The Labute approximate surface area is 156 Å². The summed E-state index contributed by atoms with van der Waals surface area (Å²) in [6.07, 6.45) is 9.46. The van der Waals surface area contributed by atoms with Crippen LogP contribution >= 0.6 is 0 Å². The van der Waals surface area contributed by atoms with Gasteiger partial charge in [0.2, 0.25) is 0 Å². The first-order chi connectivity index (χ1) is 12.4. The van der Waals surface area contributed by atoms with Gasteiger partial charge in [-0.15, -0.1) is 0 Å². The van der Waals surface area contributed by atoms with E-state index in [1.54, 1.807) is 0 Å². The van der Waals surface area contributed by atoms with Gasteiger partial charge in [0, 0.05) is 17.2 Å². The SMILES string of the molecule is CC(C)=CCc1c(O)cc(O)c(CC=C(C)C)c1C=Cc1ccccc1. The number of phenols is 2. The van der Waals surface area contributed by atoms with E-state index in [2.05, 4.69) is 12.2 Å². The number of benzene rings is 2. The summed E-state index contributed by atoms with van der Waals surface area (Å²) in [7, 11) is 0. The van der Waals surface area contributed by atoms with Crippen LogP contribution in [0.5, 0.6) is 11.5 Å². The molecule has 136 valence electrons. The van der Waals surface area contributed by atoms with Crippen molar-refractivity contribution in [2.45, 2.75) is 40.5 Å². The third-order valence-electron chi connectivity index (χ3n) is 4.21. The molecule has 0 aliphatic rings. The fraction of sp³-hybridized carbons (Fsp3) is 0.250. The lowest BCUT2D eigenvalue weighted by atomic mass is 9.93. The molecule has 2 aromatic rings. The number of allylic oxidation sites excluding steroid dienone is 4. The second kappa shape index (κ2) is 9.10. The smallest absolute Gasteiger partial charge is 0.123 e. The van der Waals surface area contributed by atoms with E-state index in [1.165, 1.54) is 17.2 Å². The van der Waals surface area contributed by atoms with Crippen molar-refractivity contribution in [1.82, 2.24) is 0 Å². The molecule has 0 amide bonds. The van der Waals surface area contributed by atoms with E-state index in [0.29, 0.717) is 12.8 Å². The molecule has 0 spiro atoms. The first kappa shape index (κ1) is 19.6. The number of hydrogen-bond acceptors (Lipinski definition) is 2. The second-order valence-corrected chi connectivity index (χ2v) is 7.00. The van der Waals surface area contributed by atoms with Crippen LogP contribution in [0.15, 0.2) is 59.7 Å². The molecule has 2 rings (SSSR count). The fourth-order valence-electron chi connectivity index (χ4n) is 2.75. The van der Waals surface area contributed by atoms with E-state index >= 15 is 0 Å². The molecule has 26 heavy (non-hydrogen) atoms. The Morgan fingerprint density at radius 2 is 1.27 bits per heavy atom. The number of phenolic OH excluding ortho intramolecular Hbond substituents is 2. The van der Waals surface area contributed by atoms with Crippen LogP contribution in [-0.4, -0.2) is 10.2 Å². The lowest BCUT2D eigenvalue weighted by Gasteiger charge is -2.15. The molecule has 0 bridgehead atoms. The number of aromatic hydroxyl groups is 2. The Morgan fingerprint density at radius 1 is 0.769 bits per heavy atom. The molecule has 0 aliphatic carbocycles. The summed E-state index contributed by atoms with van der Waals surface area (Å²) in [6, 6.07) is 11.5. The van der Waals surface area contributed by atoms with Gasteiger partial charge < -0.3 is 10.2 Å². The molecular weight excluding hydrogens is 320 g/mol. The molecule has 0 fully saturated rings. The molecule has 0 saturated heterocycles. The summed E-state index contributed by atoms with van der Waals surface area (Å²) >= 11 is 0. The van der Waals surface area contributed by atoms with Crippen LogP contribution < -0.4 is 0 Å². The van der Waals surface area contributed by atoms with Crippen LogP contribution in [-0.2, 0) is 12.8 Å². The molecule has 2 heteroatoms. The lowest BCUT2D eigenvalue weighted by molar-refractivity contribution is 0.443. The van der Waals surface area contributed by atoms with Gasteiger partial charge in [-0.05, 0) is 51.7 Å². The van der Waals surface area contributed by atoms with Crippen LogP contribution in [0.25, 0.3) is 12.2 Å². The van der Waals surface area contributed by atoms with Crippen molar-refractivity contribution in [3.63, 3.8) is 0 Å². The van der Waals surface area contributed by atoms with Crippen molar-refractivity contribution < 1.29 is 10.2 Å². The second-order valence-electron chi connectivity index (χ2n) is 7.00. The monoisotopic (exact) mass is 348 g/mol. The normalized spacial score (nSPS) is 10.8. The Hall–Kier alpha value is -2.74. The van der Waals surface area contributed by atoms with Gasteiger partial charge >= 0.3 is 0 Å². The molecule has 0 unspecified atom stereocenters. The van der Waals surface area contributed by atoms with Crippen molar-refractivity contribution in [2.75, 3.05) is 0 Å². The lowest BCUT2D eigenvalue weighted by Crippen LogP contribution is -1.97. The number of hydrogen-bond donors (Lipinski definition) is 2. The van der Waals surface area contributed by atoms with Crippen LogP contribution in [0, 0.1) is 0 Å². The van der Waals surface area contributed by atoms with E-state index in [0.717, 1.165) is 22.3 Å². The number of rotatable bonds is 6. The predicted molar refractivity (Wildman–Crippen MR) is 111 cm³/mol. The first-order valence-corrected chi connectivity index (χ1v) is 8.95. The van der Waals surface area contributed by atoms with Crippen LogP contribution in [0.2, 0.25) is 0 Å². The van der Waals surface area contributed by atoms with E-state index in [-0.39, 0.29) is 11.5 Å². The topological polar surface area (TPSA) is 40.5 Å². The summed E-state index contributed by atoms with van der Waals surface area (Å²) in [5, 5.41) is 20.9. The Kier molecular flexibility index (Phi) is 6.85. The highest BCUT2D eigenvalue weighted by Gasteiger charge is 2.14. The molecule has 2 nitrogen and oxygen atoms in total. The highest BCUT2D eigenvalue weighted by atomic mass is 16.3. The van der Waals surface area contributed by atoms with Crippen molar-refractivity contribution in [1.29, 1.82) is 0 Å². The Balaban J connectivity index is 2.58. The van der Waals surface area contributed by atoms with Gasteiger partial charge in [0.15, 0.2) is 0 Å².